The van der Waals surface area contributed by atoms with Gasteiger partial charge in [0.05, 0.1) is 5.56 Å². The molecule has 116 valence electrons. The van der Waals surface area contributed by atoms with Crippen molar-refractivity contribution in [1.29, 1.82) is 0 Å². The van der Waals surface area contributed by atoms with Crippen molar-refractivity contribution in [3.8, 4) is 0 Å². The Morgan fingerprint density at radius 1 is 1.20 bits per heavy atom. The van der Waals surface area contributed by atoms with E-state index in [2.05, 4.69) is 5.32 Å². The molecule has 2 N–H and O–H groups in total. The smallest absolute Gasteiger partial charge is 0.318 e. The van der Waals surface area contributed by atoms with Gasteiger partial charge in [0.1, 0.15) is 10.7 Å². The van der Waals surface area contributed by atoms with Crippen molar-refractivity contribution in [2.24, 2.45) is 0 Å². The van der Waals surface area contributed by atoms with Crippen LogP contribution in [-0.4, -0.2) is 28.6 Å². The number of alkyl halides is 3. The fraction of sp³-hybridized carbons (Fsp3) is 0.400. The lowest BCUT2D eigenvalue weighted by Crippen LogP contribution is -2.31. The van der Waals surface area contributed by atoms with Crippen LogP contribution in [0.4, 0.5) is 17.6 Å². The Hall–Kier alpha value is -0.900. The van der Waals surface area contributed by atoms with Crippen LogP contribution in [0.2, 0.25) is 0 Å². The minimum absolute atomic E-state index is 0. The molecule has 4 nitrogen and oxygen atoms in total. The number of sulfonamides is 1. The maximum atomic E-state index is 13.4. The van der Waals surface area contributed by atoms with E-state index in [9.17, 15) is 26.0 Å². The maximum absolute atomic E-state index is 13.4. The largest absolute Gasteiger partial charge is 0.416 e. The quantitative estimate of drug-likeness (QED) is 0.636. The van der Waals surface area contributed by atoms with E-state index < -0.39 is 32.5 Å². The second kappa shape index (κ2) is 7.21. The van der Waals surface area contributed by atoms with E-state index >= 15 is 0 Å². The van der Waals surface area contributed by atoms with Crippen molar-refractivity contribution in [2.45, 2.75) is 11.1 Å². The van der Waals surface area contributed by atoms with Crippen LogP contribution >= 0.6 is 12.4 Å². The molecule has 0 unspecified atom stereocenters. The van der Waals surface area contributed by atoms with Gasteiger partial charge in [0, 0.05) is 13.1 Å². The molecule has 0 aromatic heterocycles. The lowest BCUT2D eigenvalue weighted by atomic mass is 10.2. The molecule has 0 aliphatic carbocycles. The highest BCUT2D eigenvalue weighted by molar-refractivity contribution is 7.89. The fourth-order valence-electron chi connectivity index (χ4n) is 1.27. The number of benzene rings is 1. The number of rotatable bonds is 5. The standard InChI is InChI=1S/C10H12F4N2O2S.ClH/c1-15-4-5-16-19(17,18)9-6-7(10(12,13)14)2-3-8(9)11;/h2-3,6,15-16H,4-5H2,1H3;1H. The fourth-order valence-corrected chi connectivity index (χ4v) is 2.41. The molecular weight excluding hydrogens is 324 g/mol. The number of likely N-dealkylation sites (N-methyl/N-ethyl adjacent to an activating group) is 1. The Labute approximate surface area is 120 Å². The lowest BCUT2D eigenvalue weighted by molar-refractivity contribution is -0.137. The molecule has 0 radical (unpaired) electrons. The highest BCUT2D eigenvalue weighted by atomic mass is 35.5. The molecule has 0 saturated heterocycles. The Balaban J connectivity index is 0.00000361. The van der Waals surface area contributed by atoms with Gasteiger partial charge in [-0.05, 0) is 25.2 Å². The third-order valence-electron chi connectivity index (χ3n) is 2.22. The van der Waals surface area contributed by atoms with E-state index in [1.165, 1.54) is 0 Å². The number of nitrogens with one attached hydrogen (secondary N) is 2. The summed E-state index contributed by atoms with van der Waals surface area (Å²) in [7, 11) is -2.74. The summed E-state index contributed by atoms with van der Waals surface area (Å²) in [6.07, 6.45) is -4.73. The molecule has 0 bridgehead atoms. The summed E-state index contributed by atoms with van der Waals surface area (Å²) < 4.78 is 76.0. The van der Waals surface area contributed by atoms with Gasteiger partial charge in [-0.25, -0.2) is 17.5 Å². The predicted octanol–water partition coefficient (Wildman–Crippen LogP) is 1.76. The van der Waals surface area contributed by atoms with E-state index in [4.69, 9.17) is 0 Å². The Bertz CT molecular complexity index is 549. The van der Waals surface area contributed by atoms with Crippen LogP contribution in [0.15, 0.2) is 23.1 Å². The molecule has 20 heavy (non-hydrogen) atoms. The molecule has 0 fully saturated rings. The van der Waals surface area contributed by atoms with Gasteiger partial charge >= 0.3 is 6.18 Å². The summed E-state index contributed by atoms with van der Waals surface area (Å²) in [6, 6.07) is 1.24. The van der Waals surface area contributed by atoms with Gasteiger partial charge in [-0.3, -0.25) is 0 Å². The number of hydrogen-bond donors (Lipinski definition) is 2. The zero-order valence-electron chi connectivity index (χ0n) is 10.3. The first kappa shape index (κ1) is 19.1. The Morgan fingerprint density at radius 2 is 1.80 bits per heavy atom. The normalized spacial score (nSPS) is 12.1. The van der Waals surface area contributed by atoms with Crippen molar-refractivity contribution in [3.05, 3.63) is 29.6 Å². The van der Waals surface area contributed by atoms with Gasteiger partial charge in [-0.15, -0.1) is 12.4 Å². The van der Waals surface area contributed by atoms with Crippen molar-refractivity contribution in [1.82, 2.24) is 10.0 Å². The van der Waals surface area contributed by atoms with E-state index in [-0.39, 0.29) is 31.6 Å². The van der Waals surface area contributed by atoms with Crippen molar-refractivity contribution in [2.75, 3.05) is 20.1 Å². The first-order chi connectivity index (χ1) is 8.68. The summed E-state index contributed by atoms with van der Waals surface area (Å²) in [5.41, 5.74) is -1.22. The molecule has 1 aromatic rings. The van der Waals surface area contributed by atoms with E-state index in [0.29, 0.717) is 12.1 Å². The minimum atomic E-state index is -4.73. The van der Waals surface area contributed by atoms with Crippen molar-refractivity contribution >= 4 is 22.4 Å². The van der Waals surface area contributed by atoms with Gasteiger partial charge in [0.2, 0.25) is 10.0 Å². The van der Waals surface area contributed by atoms with Crippen LogP contribution in [0.3, 0.4) is 0 Å². The van der Waals surface area contributed by atoms with Gasteiger partial charge in [0.25, 0.3) is 0 Å². The predicted molar refractivity (Wildman–Crippen MR) is 67.8 cm³/mol. The third-order valence-corrected chi connectivity index (χ3v) is 3.69. The molecule has 0 heterocycles. The average Bonchev–Trinajstić information content (AvgIpc) is 2.27. The van der Waals surface area contributed by atoms with Gasteiger partial charge in [0.15, 0.2) is 0 Å². The molecule has 0 saturated carbocycles. The second-order valence-corrected chi connectivity index (χ2v) is 5.38. The molecule has 0 amide bonds. The Kier molecular flexibility index (Phi) is 6.88. The third kappa shape index (κ3) is 4.89. The summed E-state index contributed by atoms with van der Waals surface area (Å²) >= 11 is 0. The van der Waals surface area contributed by atoms with Crippen LogP contribution in [0.5, 0.6) is 0 Å². The maximum Gasteiger partial charge on any atom is 0.416 e. The summed E-state index contributed by atoms with van der Waals surface area (Å²) in [5.74, 6) is -1.23. The van der Waals surface area contributed by atoms with E-state index in [1.54, 1.807) is 7.05 Å². The van der Waals surface area contributed by atoms with Gasteiger partial charge < -0.3 is 5.32 Å². The van der Waals surface area contributed by atoms with Crippen LogP contribution < -0.4 is 10.0 Å². The highest BCUT2D eigenvalue weighted by Gasteiger charge is 2.32. The van der Waals surface area contributed by atoms with Gasteiger partial charge in [-0.1, -0.05) is 0 Å². The van der Waals surface area contributed by atoms with Crippen LogP contribution in [0, 0.1) is 5.82 Å². The molecule has 0 aliphatic rings. The SMILES string of the molecule is CNCCNS(=O)(=O)c1cc(C(F)(F)F)ccc1F.Cl. The topological polar surface area (TPSA) is 58.2 Å². The molecule has 1 rings (SSSR count). The summed E-state index contributed by atoms with van der Waals surface area (Å²) in [5, 5.41) is 2.64. The minimum Gasteiger partial charge on any atom is -0.318 e. The van der Waals surface area contributed by atoms with E-state index in [0.717, 1.165) is 0 Å². The van der Waals surface area contributed by atoms with Crippen molar-refractivity contribution < 1.29 is 26.0 Å². The lowest BCUT2D eigenvalue weighted by Gasteiger charge is -2.11. The Morgan fingerprint density at radius 3 is 2.30 bits per heavy atom. The zero-order chi connectivity index (χ0) is 14.7. The molecular formula is C10H13ClF4N2O2S. The summed E-state index contributed by atoms with van der Waals surface area (Å²) in [6.45, 7) is 0.203. The van der Waals surface area contributed by atoms with Gasteiger partial charge in [-0.2, -0.15) is 13.2 Å². The number of hydrogen-bond acceptors (Lipinski definition) is 3. The monoisotopic (exact) mass is 336 g/mol. The average molecular weight is 337 g/mol. The van der Waals surface area contributed by atoms with E-state index in [1.807, 2.05) is 4.72 Å². The first-order valence-electron chi connectivity index (χ1n) is 5.19. The highest BCUT2D eigenvalue weighted by Crippen LogP contribution is 2.31. The molecule has 0 aliphatic heterocycles. The molecule has 10 heteroatoms. The van der Waals surface area contributed by atoms with Crippen LogP contribution in [0.25, 0.3) is 0 Å². The number of halogens is 5. The second-order valence-electron chi connectivity index (χ2n) is 3.64. The van der Waals surface area contributed by atoms with Crippen molar-refractivity contribution in [3.63, 3.8) is 0 Å². The molecule has 1 aromatic carbocycles. The van der Waals surface area contributed by atoms with Crippen LogP contribution in [-0.2, 0) is 16.2 Å². The summed E-state index contributed by atoms with van der Waals surface area (Å²) in [4.78, 5) is -1.02. The molecule has 0 atom stereocenters. The molecule has 0 spiro atoms. The van der Waals surface area contributed by atoms with Crippen LogP contribution in [0.1, 0.15) is 5.56 Å². The first-order valence-corrected chi connectivity index (χ1v) is 6.68. The zero-order valence-corrected chi connectivity index (χ0v) is 11.9.